The van der Waals surface area contributed by atoms with Crippen molar-refractivity contribution in [1.29, 1.82) is 0 Å². The number of unbranched alkanes of at least 4 members (excludes halogenated alkanes) is 47. The number of amides is 2. The highest BCUT2D eigenvalue weighted by molar-refractivity contribution is 5.77. The number of carboxylic acid groups (broad SMARTS) is 1. The fraction of sp³-hybridized carbons (Fsp3) is 0.938. The fourth-order valence-corrected chi connectivity index (χ4v) is 14.8. The lowest BCUT2D eigenvalue weighted by Gasteiger charge is -2.50. The minimum Gasteiger partial charge on any atom is -0.477 e. The van der Waals surface area contributed by atoms with Crippen LogP contribution >= 0.6 is 0 Å². The molecule has 0 saturated carbocycles. The van der Waals surface area contributed by atoms with Gasteiger partial charge in [-0.05, 0) is 19.3 Å². The third-order valence-electron chi connectivity index (χ3n) is 21.5. The fourth-order valence-electron chi connectivity index (χ4n) is 14.8. The van der Waals surface area contributed by atoms with Crippen LogP contribution in [0.15, 0.2) is 12.2 Å². The molecule has 2 amide bonds. The molecule has 0 aromatic heterocycles. The molecule has 0 radical (unpaired) electrons. The number of rotatable bonds is 67. The first-order chi connectivity index (χ1) is 50.4. The maximum absolute atomic E-state index is 13.5. The van der Waals surface area contributed by atoms with Gasteiger partial charge in [-0.25, -0.2) is 4.79 Å². The largest absolute Gasteiger partial charge is 0.477 e. The molecule has 0 spiro atoms. The van der Waals surface area contributed by atoms with E-state index in [2.05, 4.69) is 24.5 Å². The van der Waals surface area contributed by atoms with Gasteiger partial charge < -0.3 is 100 Å². The number of aliphatic hydroxyl groups excluding tert-OH is 11. The Morgan fingerprint density at radius 3 is 1.28 bits per heavy atom. The average molecular weight is 1490 g/mol. The van der Waals surface area contributed by atoms with Crippen molar-refractivity contribution in [1.82, 2.24) is 10.6 Å². The molecule has 0 aromatic rings. The SMILES string of the molecule is CCCCCCCCCCCCC/C=C/C(O)C(COC1OC(CO)C(OC2OC(CO)C(O)C(OC3(C(=O)O)CC(O)C(NC(C)=O)C(C(O)C(O)CO)O3)C2O)C(O)C1O)NC(=O)CCCCCCCCCCCCCCCCCCCCCCCCCCCCCCCCCCCCCCC. The molecule has 3 saturated heterocycles. The molecule has 23 heteroatoms. The van der Waals surface area contributed by atoms with Gasteiger partial charge in [-0.2, -0.15) is 0 Å². The number of hydrogen-bond donors (Lipinski definition) is 14. The van der Waals surface area contributed by atoms with Gasteiger partial charge in [0.05, 0.1) is 50.7 Å². The van der Waals surface area contributed by atoms with E-state index in [0.717, 1.165) is 51.9 Å². The second-order valence-corrected chi connectivity index (χ2v) is 30.7. The molecule has 14 N–H and O–H groups in total. The molecule has 3 fully saturated rings. The van der Waals surface area contributed by atoms with Crippen LogP contribution in [0.1, 0.15) is 348 Å². The number of carboxylic acids is 1. The first kappa shape index (κ1) is 95.7. The Kier molecular flexibility index (Phi) is 55.4. The van der Waals surface area contributed by atoms with Crippen LogP contribution in [-0.4, -0.2) is 215 Å². The van der Waals surface area contributed by atoms with Crippen LogP contribution in [0, 0.1) is 0 Å². The number of hydrogen-bond acceptors (Lipinski definition) is 20. The van der Waals surface area contributed by atoms with E-state index >= 15 is 0 Å². The van der Waals surface area contributed by atoms with Crippen molar-refractivity contribution >= 4 is 17.8 Å². The molecule has 0 bridgehead atoms. The molecule has 0 aliphatic carbocycles. The van der Waals surface area contributed by atoms with Crippen molar-refractivity contribution in [2.45, 2.75) is 458 Å². The van der Waals surface area contributed by atoms with E-state index in [1.54, 1.807) is 6.08 Å². The predicted octanol–water partition coefficient (Wildman–Crippen LogP) is 11.7. The second kappa shape index (κ2) is 60.2. The summed E-state index contributed by atoms with van der Waals surface area (Å²) in [5.74, 6) is -6.13. The van der Waals surface area contributed by atoms with E-state index in [0.29, 0.717) is 12.8 Å². The van der Waals surface area contributed by atoms with Gasteiger partial charge >= 0.3 is 5.97 Å². The lowest BCUT2D eigenvalue weighted by molar-refractivity contribution is -0.386. The minimum atomic E-state index is -3.08. The van der Waals surface area contributed by atoms with Crippen molar-refractivity contribution < 1.29 is 104 Å². The number of nitrogens with one attached hydrogen (secondary N) is 2. The van der Waals surface area contributed by atoms with Crippen molar-refractivity contribution in [2.75, 3.05) is 26.4 Å². The zero-order valence-corrected chi connectivity index (χ0v) is 64.9. The first-order valence-corrected chi connectivity index (χ1v) is 42.1. The van der Waals surface area contributed by atoms with Crippen LogP contribution in [-0.2, 0) is 42.8 Å². The highest BCUT2D eigenvalue weighted by Gasteiger charge is 2.60. The third-order valence-corrected chi connectivity index (χ3v) is 21.5. The van der Waals surface area contributed by atoms with Gasteiger partial charge in [0, 0.05) is 19.8 Å². The van der Waals surface area contributed by atoms with Crippen LogP contribution < -0.4 is 10.6 Å². The van der Waals surface area contributed by atoms with Crippen molar-refractivity contribution in [3.63, 3.8) is 0 Å². The quantitative estimate of drug-likeness (QED) is 0.0199. The van der Waals surface area contributed by atoms with Crippen LogP contribution in [0.4, 0.5) is 0 Å². The molecule has 3 aliphatic heterocycles. The normalized spacial score (nSPS) is 26.4. The summed E-state index contributed by atoms with van der Waals surface area (Å²) in [5.41, 5.74) is 0. The summed E-state index contributed by atoms with van der Waals surface area (Å²) in [6.07, 6.45) is 37.3. The molecule has 3 rings (SSSR count). The molecule has 612 valence electrons. The van der Waals surface area contributed by atoms with Crippen LogP contribution in [0.2, 0.25) is 0 Å². The molecule has 104 heavy (non-hydrogen) atoms. The van der Waals surface area contributed by atoms with Crippen molar-refractivity contribution in [3.05, 3.63) is 12.2 Å². The number of aliphatic hydroxyl groups is 11. The summed E-state index contributed by atoms with van der Waals surface area (Å²) in [6, 6.07) is -2.61. The van der Waals surface area contributed by atoms with Gasteiger partial charge in [0.25, 0.3) is 5.79 Å². The molecular formula is C81H152N2O21. The minimum absolute atomic E-state index is 0.205. The Bertz CT molecular complexity index is 2120. The average Bonchev–Trinajstić information content (AvgIpc) is 0.756. The number of carbonyl (C=O) groups is 3. The van der Waals surface area contributed by atoms with Crippen LogP contribution in [0.5, 0.6) is 0 Å². The molecule has 18 unspecified atom stereocenters. The van der Waals surface area contributed by atoms with Gasteiger partial charge in [0.1, 0.15) is 67.1 Å². The molecule has 3 aliphatic rings. The van der Waals surface area contributed by atoms with Gasteiger partial charge in [-0.15, -0.1) is 0 Å². The zero-order valence-electron chi connectivity index (χ0n) is 64.9. The summed E-state index contributed by atoms with van der Waals surface area (Å²) >= 11 is 0. The number of allylic oxidation sites excluding steroid dienone is 1. The third kappa shape index (κ3) is 39.9. The van der Waals surface area contributed by atoms with E-state index in [9.17, 15) is 75.7 Å². The molecule has 3 heterocycles. The van der Waals surface area contributed by atoms with E-state index in [1.165, 1.54) is 257 Å². The highest BCUT2D eigenvalue weighted by Crippen LogP contribution is 2.39. The summed E-state index contributed by atoms with van der Waals surface area (Å²) in [7, 11) is 0. The lowest BCUT2D eigenvalue weighted by atomic mass is 9.88. The summed E-state index contributed by atoms with van der Waals surface area (Å²) < 4.78 is 34.9. The second-order valence-electron chi connectivity index (χ2n) is 30.7. The Labute approximate surface area is 626 Å². The molecule has 23 nitrogen and oxygen atoms in total. The Balaban J connectivity index is 1.40. The van der Waals surface area contributed by atoms with Crippen LogP contribution in [0.3, 0.4) is 0 Å². The van der Waals surface area contributed by atoms with Crippen molar-refractivity contribution in [3.8, 4) is 0 Å². The van der Waals surface area contributed by atoms with E-state index in [1.807, 2.05) is 6.08 Å². The summed E-state index contributed by atoms with van der Waals surface area (Å²) in [6.45, 7) is 2.17. The Morgan fingerprint density at radius 1 is 0.500 bits per heavy atom. The van der Waals surface area contributed by atoms with Gasteiger partial charge in [-0.1, -0.05) is 321 Å². The predicted molar refractivity (Wildman–Crippen MR) is 403 cm³/mol. The van der Waals surface area contributed by atoms with Gasteiger partial charge in [0.15, 0.2) is 12.6 Å². The number of aliphatic carboxylic acids is 1. The molecular weight excluding hydrogens is 1340 g/mol. The maximum atomic E-state index is 13.5. The first-order valence-electron chi connectivity index (χ1n) is 42.1. The number of carbonyl (C=O) groups excluding carboxylic acids is 2. The molecule has 0 aromatic carbocycles. The standard InChI is InChI=1S/C81H152N2O21/c1-4-6-8-10-12-14-16-18-19-20-21-22-23-24-25-26-27-28-29-30-31-32-33-34-35-36-37-38-39-40-41-43-45-47-49-51-53-55-68(91)83-62(63(88)54-52-50-48-46-44-42-17-15-13-11-9-7-5-2)60-99-78-73(95)72(94)75(67(59-86)101-78)102-79-74(96)77(71(93)66(58-85)100-79)104-81(80(97)98)56-64(89)69(82-61(3)87)76(103-81)70(92)65(90)57-84/h52,54,62-67,69-79,84-86,88-90,92-96H,4-51,53,55-60H2,1-3H3,(H,82,87)(H,83,91)(H,97,98)/b54-52+. The number of ether oxygens (including phenoxy) is 6. The Morgan fingerprint density at radius 2 is 0.894 bits per heavy atom. The van der Waals surface area contributed by atoms with E-state index in [-0.39, 0.29) is 12.3 Å². The molecule has 18 atom stereocenters. The monoisotopic (exact) mass is 1490 g/mol. The smallest absolute Gasteiger partial charge is 0.364 e. The zero-order chi connectivity index (χ0) is 76.0. The lowest BCUT2D eigenvalue weighted by Crippen LogP contribution is -2.70. The highest BCUT2D eigenvalue weighted by atomic mass is 16.8. The van der Waals surface area contributed by atoms with Gasteiger partial charge in [-0.3, -0.25) is 9.59 Å². The topological polar surface area (TPSA) is 373 Å². The summed E-state index contributed by atoms with van der Waals surface area (Å²) in [5, 5.41) is 136. The van der Waals surface area contributed by atoms with E-state index in [4.69, 9.17) is 28.4 Å². The van der Waals surface area contributed by atoms with Gasteiger partial charge in [0.2, 0.25) is 11.8 Å². The van der Waals surface area contributed by atoms with E-state index < -0.39 is 155 Å². The summed E-state index contributed by atoms with van der Waals surface area (Å²) in [4.78, 5) is 38.6. The van der Waals surface area contributed by atoms with Crippen LogP contribution in [0.25, 0.3) is 0 Å². The maximum Gasteiger partial charge on any atom is 0.364 e. The Hall–Kier alpha value is -2.53. The van der Waals surface area contributed by atoms with Crippen molar-refractivity contribution in [2.24, 2.45) is 0 Å².